The van der Waals surface area contributed by atoms with Crippen LogP contribution in [0.2, 0.25) is 0 Å². The molecule has 136 valence electrons. The number of hydrogen-bond acceptors (Lipinski definition) is 4. The molecule has 2 aromatic rings. The lowest BCUT2D eigenvalue weighted by atomic mass is 9.94. The van der Waals surface area contributed by atoms with Crippen molar-refractivity contribution < 1.29 is 19.1 Å². The van der Waals surface area contributed by atoms with Crippen LogP contribution in [0.1, 0.15) is 41.0 Å². The molecule has 4 nitrogen and oxygen atoms in total. The largest absolute Gasteiger partial charge is 0.459 e. The minimum Gasteiger partial charge on any atom is -0.459 e. The number of carbonyl (C=O) groups is 2. The Bertz CT molecular complexity index is 665. The van der Waals surface area contributed by atoms with Crippen molar-refractivity contribution >= 4 is 11.9 Å². The Morgan fingerprint density at radius 3 is 1.58 bits per heavy atom. The van der Waals surface area contributed by atoms with Crippen LogP contribution in [-0.2, 0) is 9.47 Å². The molecule has 0 N–H and O–H groups in total. The predicted molar refractivity (Wildman–Crippen MR) is 101 cm³/mol. The van der Waals surface area contributed by atoms with Gasteiger partial charge < -0.3 is 9.47 Å². The van der Waals surface area contributed by atoms with Crippen molar-refractivity contribution in [2.75, 3.05) is 0 Å². The maximum Gasteiger partial charge on any atom is 0.338 e. The van der Waals surface area contributed by atoms with Gasteiger partial charge in [0.05, 0.1) is 11.1 Å². The number of rotatable bonds is 8. The molecular weight excluding hydrogens is 328 g/mol. The molecule has 2 aromatic carbocycles. The Morgan fingerprint density at radius 2 is 1.23 bits per heavy atom. The first-order valence-corrected chi connectivity index (χ1v) is 8.66. The highest BCUT2D eigenvalue weighted by atomic mass is 16.6. The van der Waals surface area contributed by atoms with Gasteiger partial charge in [-0.15, -0.1) is 6.58 Å². The standard InChI is InChI=1S/C22H24O4/c1-4-11-20(16(2)25-21(23)18-12-7-5-8-13-18)17(3)26-22(24)19-14-9-6-10-15-19/h4-10,12-17,20H,1,11H2,2-3H3. The van der Waals surface area contributed by atoms with Crippen LogP contribution in [0.15, 0.2) is 73.3 Å². The van der Waals surface area contributed by atoms with Crippen LogP contribution in [0, 0.1) is 5.92 Å². The zero-order valence-corrected chi connectivity index (χ0v) is 15.1. The van der Waals surface area contributed by atoms with Gasteiger partial charge in [0.15, 0.2) is 0 Å². The predicted octanol–water partition coefficient (Wildman–Crippen LogP) is 4.67. The van der Waals surface area contributed by atoms with Gasteiger partial charge in [0.1, 0.15) is 12.2 Å². The maximum atomic E-state index is 12.3. The van der Waals surface area contributed by atoms with Gasteiger partial charge in [0, 0.05) is 5.92 Å². The van der Waals surface area contributed by atoms with Gasteiger partial charge in [-0.2, -0.15) is 0 Å². The van der Waals surface area contributed by atoms with Gasteiger partial charge in [-0.3, -0.25) is 0 Å². The van der Waals surface area contributed by atoms with E-state index in [0.29, 0.717) is 17.5 Å². The minimum atomic E-state index is -0.431. The summed E-state index contributed by atoms with van der Waals surface area (Å²) in [4.78, 5) is 24.5. The number of hydrogen-bond donors (Lipinski definition) is 0. The third-order valence-corrected chi connectivity index (χ3v) is 4.25. The van der Waals surface area contributed by atoms with Crippen LogP contribution in [0.4, 0.5) is 0 Å². The second-order valence-electron chi connectivity index (χ2n) is 6.14. The average molecular weight is 352 g/mol. The number of ether oxygens (including phenoxy) is 2. The van der Waals surface area contributed by atoms with Crippen LogP contribution in [-0.4, -0.2) is 24.1 Å². The molecule has 0 spiro atoms. The topological polar surface area (TPSA) is 52.6 Å². The van der Waals surface area contributed by atoms with Crippen molar-refractivity contribution in [2.24, 2.45) is 5.92 Å². The van der Waals surface area contributed by atoms with E-state index in [0.717, 1.165) is 0 Å². The van der Waals surface area contributed by atoms with Gasteiger partial charge in [-0.25, -0.2) is 9.59 Å². The van der Waals surface area contributed by atoms with Crippen LogP contribution < -0.4 is 0 Å². The van der Waals surface area contributed by atoms with E-state index in [1.165, 1.54) is 0 Å². The van der Waals surface area contributed by atoms with E-state index < -0.39 is 24.1 Å². The Morgan fingerprint density at radius 1 is 0.846 bits per heavy atom. The van der Waals surface area contributed by atoms with Crippen molar-refractivity contribution in [3.63, 3.8) is 0 Å². The molecule has 0 aliphatic carbocycles. The quantitative estimate of drug-likeness (QED) is 0.512. The van der Waals surface area contributed by atoms with E-state index in [1.54, 1.807) is 54.6 Å². The molecule has 0 saturated carbocycles. The number of esters is 2. The van der Waals surface area contributed by atoms with Crippen molar-refractivity contribution in [3.8, 4) is 0 Å². The van der Waals surface area contributed by atoms with E-state index in [2.05, 4.69) is 6.58 Å². The molecule has 0 radical (unpaired) electrons. The Labute approximate surface area is 154 Å². The summed E-state index contributed by atoms with van der Waals surface area (Å²) in [6, 6.07) is 17.6. The second-order valence-corrected chi connectivity index (χ2v) is 6.14. The minimum absolute atomic E-state index is 0.187. The van der Waals surface area contributed by atoms with Crippen LogP contribution >= 0.6 is 0 Å². The van der Waals surface area contributed by atoms with Crippen molar-refractivity contribution in [1.29, 1.82) is 0 Å². The summed E-state index contributed by atoms with van der Waals surface area (Å²) >= 11 is 0. The summed E-state index contributed by atoms with van der Waals surface area (Å²) in [5.41, 5.74) is 0.983. The molecule has 2 unspecified atom stereocenters. The molecule has 0 aliphatic heterocycles. The molecule has 0 amide bonds. The van der Waals surface area contributed by atoms with Crippen LogP contribution in [0.5, 0.6) is 0 Å². The summed E-state index contributed by atoms with van der Waals surface area (Å²) in [5, 5.41) is 0. The molecular formula is C22H24O4. The molecule has 0 aliphatic rings. The monoisotopic (exact) mass is 352 g/mol. The number of allylic oxidation sites excluding steroid dienone is 1. The Balaban J connectivity index is 2.02. The molecule has 4 heteroatoms. The molecule has 0 saturated heterocycles. The van der Waals surface area contributed by atoms with E-state index in [-0.39, 0.29) is 5.92 Å². The fourth-order valence-electron chi connectivity index (χ4n) is 2.75. The van der Waals surface area contributed by atoms with E-state index in [1.807, 2.05) is 26.0 Å². The van der Waals surface area contributed by atoms with E-state index in [4.69, 9.17) is 9.47 Å². The Kier molecular flexibility index (Phi) is 7.15. The first kappa shape index (κ1) is 19.4. The van der Waals surface area contributed by atoms with E-state index in [9.17, 15) is 9.59 Å². The third kappa shape index (κ3) is 5.31. The van der Waals surface area contributed by atoms with E-state index >= 15 is 0 Å². The van der Waals surface area contributed by atoms with Gasteiger partial charge in [0.2, 0.25) is 0 Å². The van der Waals surface area contributed by atoms with Crippen LogP contribution in [0.25, 0.3) is 0 Å². The SMILES string of the molecule is C=CCC(C(C)OC(=O)c1ccccc1)C(C)OC(=O)c1ccccc1. The molecule has 0 aromatic heterocycles. The normalized spacial score (nSPS) is 13.9. The summed E-state index contributed by atoms with van der Waals surface area (Å²) < 4.78 is 11.2. The lowest BCUT2D eigenvalue weighted by Crippen LogP contribution is -2.34. The van der Waals surface area contributed by atoms with Crippen molar-refractivity contribution in [1.82, 2.24) is 0 Å². The molecule has 2 atom stereocenters. The summed E-state index contributed by atoms with van der Waals surface area (Å²) in [7, 11) is 0. The van der Waals surface area contributed by atoms with Crippen molar-refractivity contribution in [3.05, 3.63) is 84.4 Å². The summed E-state index contributed by atoms with van der Waals surface area (Å²) in [5.74, 6) is -0.977. The highest BCUT2D eigenvalue weighted by molar-refractivity contribution is 5.90. The highest BCUT2D eigenvalue weighted by Crippen LogP contribution is 2.22. The van der Waals surface area contributed by atoms with Crippen molar-refractivity contribution in [2.45, 2.75) is 32.5 Å². The molecule has 26 heavy (non-hydrogen) atoms. The maximum absolute atomic E-state index is 12.3. The van der Waals surface area contributed by atoms with Gasteiger partial charge in [-0.05, 0) is 44.5 Å². The average Bonchev–Trinajstić information content (AvgIpc) is 2.67. The lowest BCUT2D eigenvalue weighted by Gasteiger charge is -2.28. The molecule has 0 fully saturated rings. The fourth-order valence-corrected chi connectivity index (χ4v) is 2.75. The number of benzene rings is 2. The van der Waals surface area contributed by atoms with Crippen LogP contribution in [0.3, 0.4) is 0 Å². The second kappa shape index (κ2) is 9.56. The first-order valence-electron chi connectivity index (χ1n) is 8.66. The molecule has 0 bridgehead atoms. The summed E-state index contributed by atoms with van der Waals surface area (Å²) in [6.45, 7) is 7.37. The van der Waals surface area contributed by atoms with Gasteiger partial charge >= 0.3 is 11.9 Å². The Hall–Kier alpha value is -2.88. The fraction of sp³-hybridized carbons (Fsp3) is 0.273. The first-order chi connectivity index (χ1) is 12.5. The van der Waals surface area contributed by atoms with Gasteiger partial charge in [0.25, 0.3) is 0 Å². The zero-order valence-electron chi connectivity index (χ0n) is 15.1. The third-order valence-electron chi connectivity index (χ3n) is 4.25. The highest BCUT2D eigenvalue weighted by Gasteiger charge is 2.29. The summed E-state index contributed by atoms with van der Waals surface area (Å²) in [6.07, 6.45) is 1.44. The van der Waals surface area contributed by atoms with Gasteiger partial charge in [-0.1, -0.05) is 42.5 Å². The molecule has 2 rings (SSSR count). The molecule has 0 heterocycles. The zero-order chi connectivity index (χ0) is 18.9. The lowest BCUT2D eigenvalue weighted by molar-refractivity contribution is -0.0215. The smallest absolute Gasteiger partial charge is 0.338 e. The number of carbonyl (C=O) groups excluding carboxylic acids is 2.